The Bertz CT molecular complexity index is 717. The van der Waals surface area contributed by atoms with E-state index in [2.05, 4.69) is 36.0 Å². The van der Waals surface area contributed by atoms with Gasteiger partial charge in [-0.3, -0.25) is 9.69 Å². The molecule has 0 radical (unpaired) electrons. The Labute approximate surface area is 152 Å². The van der Waals surface area contributed by atoms with E-state index >= 15 is 0 Å². The first-order valence-electron chi connectivity index (χ1n) is 8.57. The molecule has 9 heteroatoms. The van der Waals surface area contributed by atoms with E-state index < -0.39 is 0 Å². The van der Waals surface area contributed by atoms with E-state index in [0.717, 1.165) is 50.8 Å². The minimum atomic E-state index is -0.0986. The lowest BCUT2D eigenvalue weighted by atomic mass is 10.3. The zero-order chi connectivity index (χ0) is 18.2. The van der Waals surface area contributed by atoms with Gasteiger partial charge in [0.2, 0.25) is 11.9 Å². The fraction of sp³-hybridized carbons (Fsp3) is 0.412. The van der Waals surface area contributed by atoms with E-state index in [1.165, 1.54) is 6.92 Å². The third-order valence-electron chi connectivity index (χ3n) is 3.85. The Balaban J connectivity index is 1.51. The van der Waals surface area contributed by atoms with Crippen molar-refractivity contribution in [1.29, 1.82) is 0 Å². The molecule has 0 spiro atoms. The Morgan fingerprint density at radius 2 is 1.92 bits per heavy atom. The number of morpholine rings is 1. The third kappa shape index (κ3) is 5.64. The number of rotatable bonds is 7. The van der Waals surface area contributed by atoms with Gasteiger partial charge in [0.25, 0.3) is 0 Å². The molecule has 1 aromatic heterocycles. The van der Waals surface area contributed by atoms with Crippen molar-refractivity contribution in [2.75, 3.05) is 55.3 Å². The molecule has 9 nitrogen and oxygen atoms in total. The topological polar surface area (TPSA) is 104 Å². The number of hydrogen-bond donors (Lipinski definition) is 3. The summed E-state index contributed by atoms with van der Waals surface area (Å²) in [6.07, 6.45) is 1.56. The molecule has 0 unspecified atom stereocenters. The zero-order valence-electron chi connectivity index (χ0n) is 14.7. The van der Waals surface area contributed by atoms with Crippen LogP contribution >= 0.6 is 0 Å². The maximum Gasteiger partial charge on any atom is 0.244 e. The van der Waals surface area contributed by atoms with Crippen molar-refractivity contribution in [2.45, 2.75) is 6.92 Å². The first-order chi connectivity index (χ1) is 12.7. The van der Waals surface area contributed by atoms with Crippen LogP contribution in [0.3, 0.4) is 0 Å². The summed E-state index contributed by atoms with van der Waals surface area (Å²) in [4.78, 5) is 17.8. The van der Waals surface area contributed by atoms with Crippen molar-refractivity contribution < 1.29 is 9.53 Å². The summed E-state index contributed by atoms with van der Waals surface area (Å²) in [5.41, 5.74) is 1.59. The van der Waals surface area contributed by atoms with Crippen molar-refractivity contribution >= 4 is 29.0 Å². The molecule has 1 aromatic carbocycles. The summed E-state index contributed by atoms with van der Waals surface area (Å²) in [5, 5.41) is 17.1. The second kappa shape index (κ2) is 9.07. The van der Waals surface area contributed by atoms with Crippen molar-refractivity contribution in [1.82, 2.24) is 20.1 Å². The summed E-state index contributed by atoms with van der Waals surface area (Å²) >= 11 is 0. The molecule has 1 amide bonds. The molecule has 0 bridgehead atoms. The van der Waals surface area contributed by atoms with E-state index in [0.29, 0.717) is 11.8 Å². The van der Waals surface area contributed by atoms with Gasteiger partial charge in [-0.2, -0.15) is 10.1 Å². The molecule has 0 atom stereocenters. The highest BCUT2D eigenvalue weighted by atomic mass is 16.5. The average molecular weight is 357 g/mol. The maximum atomic E-state index is 11.0. The molecule has 26 heavy (non-hydrogen) atoms. The summed E-state index contributed by atoms with van der Waals surface area (Å²) < 4.78 is 5.34. The summed E-state index contributed by atoms with van der Waals surface area (Å²) in [7, 11) is 0. The molecular formula is C17H23N7O2. The lowest BCUT2D eigenvalue weighted by Crippen LogP contribution is -2.39. The van der Waals surface area contributed by atoms with Gasteiger partial charge in [-0.25, -0.2) is 0 Å². The maximum absolute atomic E-state index is 11.0. The van der Waals surface area contributed by atoms with E-state index in [-0.39, 0.29) is 5.91 Å². The number of nitrogens with one attached hydrogen (secondary N) is 3. The van der Waals surface area contributed by atoms with Gasteiger partial charge < -0.3 is 20.7 Å². The summed E-state index contributed by atoms with van der Waals surface area (Å²) in [5.74, 6) is 0.984. The standard InChI is InChI=1S/C17H23N7O2/c1-13(25)20-14-2-4-15(5-3-14)21-16-12-19-23-17(22-16)18-6-7-24-8-10-26-11-9-24/h2-5,12H,6-11H2,1H3,(H,20,25)(H2,18,21,22,23). The minimum absolute atomic E-state index is 0.0986. The largest absolute Gasteiger partial charge is 0.379 e. The molecule has 2 heterocycles. The van der Waals surface area contributed by atoms with Crippen LogP contribution in [0.15, 0.2) is 30.5 Å². The second-order valence-electron chi connectivity index (χ2n) is 5.93. The normalized spacial score (nSPS) is 14.7. The van der Waals surface area contributed by atoms with Gasteiger partial charge >= 0.3 is 0 Å². The molecule has 1 saturated heterocycles. The molecule has 3 rings (SSSR count). The monoisotopic (exact) mass is 357 g/mol. The molecule has 1 aliphatic heterocycles. The number of carbonyl (C=O) groups excluding carboxylic acids is 1. The highest BCUT2D eigenvalue weighted by Crippen LogP contribution is 2.17. The highest BCUT2D eigenvalue weighted by molar-refractivity contribution is 5.88. The van der Waals surface area contributed by atoms with Crippen LogP contribution < -0.4 is 16.0 Å². The predicted molar refractivity (Wildman–Crippen MR) is 99.6 cm³/mol. The highest BCUT2D eigenvalue weighted by Gasteiger charge is 2.09. The number of anilines is 4. The van der Waals surface area contributed by atoms with Crippen molar-refractivity contribution in [3.05, 3.63) is 30.5 Å². The van der Waals surface area contributed by atoms with Crippen LogP contribution in [0.1, 0.15) is 6.92 Å². The van der Waals surface area contributed by atoms with E-state index in [1.807, 2.05) is 24.3 Å². The van der Waals surface area contributed by atoms with E-state index in [1.54, 1.807) is 6.20 Å². The van der Waals surface area contributed by atoms with Crippen LogP contribution in [-0.2, 0) is 9.53 Å². The number of nitrogens with zero attached hydrogens (tertiary/aromatic N) is 4. The van der Waals surface area contributed by atoms with Crippen LogP contribution in [0.4, 0.5) is 23.1 Å². The van der Waals surface area contributed by atoms with Gasteiger partial charge in [0.15, 0.2) is 5.82 Å². The number of benzene rings is 1. The number of amides is 1. The summed E-state index contributed by atoms with van der Waals surface area (Å²) in [6, 6.07) is 7.36. The predicted octanol–water partition coefficient (Wildman–Crippen LogP) is 1.32. The van der Waals surface area contributed by atoms with Crippen LogP contribution in [0.25, 0.3) is 0 Å². The smallest absolute Gasteiger partial charge is 0.244 e. The van der Waals surface area contributed by atoms with Crippen LogP contribution in [-0.4, -0.2) is 65.4 Å². The SMILES string of the molecule is CC(=O)Nc1ccc(Nc2cnnc(NCCN3CCOCC3)n2)cc1. The molecule has 138 valence electrons. The molecule has 2 aromatic rings. The van der Waals surface area contributed by atoms with Gasteiger partial charge in [-0.05, 0) is 24.3 Å². The molecule has 3 N–H and O–H groups in total. The Morgan fingerprint density at radius 1 is 1.19 bits per heavy atom. The van der Waals surface area contributed by atoms with Crippen molar-refractivity contribution in [3.63, 3.8) is 0 Å². The quantitative estimate of drug-likeness (QED) is 0.681. The fourth-order valence-corrected chi connectivity index (χ4v) is 2.58. The van der Waals surface area contributed by atoms with Gasteiger partial charge in [0.1, 0.15) is 0 Å². The first kappa shape index (κ1) is 18.0. The lowest BCUT2D eigenvalue weighted by molar-refractivity contribution is -0.114. The van der Waals surface area contributed by atoms with Crippen LogP contribution in [0, 0.1) is 0 Å². The average Bonchev–Trinajstić information content (AvgIpc) is 2.64. The third-order valence-corrected chi connectivity index (χ3v) is 3.85. The number of hydrogen-bond acceptors (Lipinski definition) is 8. The van der Waals surface area contributed by atoms with Crippen molar-refractivity contribution in [2.24, 2.45) is 0 Å². The first-order valence-corrected chi connectivity index (χ1v) is 8.57. The molecule has 0 aliphatic carbocycles. The zero-order valence-corrected chi connectivity index (χ0v) is 14.7. The number of aromatic nitrogens is 3. The summed E-state index contributed by atoms with van der Waals surface area (Å²) in [6.45, 7) is 6.63. The van der Waals surface area contributed by atoms with Gasteiger partial charge in [0.05, 0.1) is 19.4 Å². The molecule has 1 fully saturated rings. The second-order valence-corrected chi connectivity index (χ2v) is 5.93. The molecule has 1 aliphatic rings. The Morgan fingerprint density at radius 3 is 2.65 bits per heavy atom. The van der Waals surface area contributed by atoms with Gasteiger partial charge in [-0.1, -0.05) is 0 Å². The van der Waals surface area contributed by atoms with Crippen molar-refractivity contribution in [3.8, 4) is 0 Å². The van der Waals surface area contributed by atoms with E-state index in [4.69, 9.17) is 4.74 Å². The van der Waals surface area contributed by atoms with Crippen LogP contribution in [0.2, 0.25) is 0 Å². The minimum Gasteiger partial charge on any atom is -0.379 e. The van der Waals surface area contributed by atoms with Crippen LogP contribution in [0.5, 0.6) is 0 Å². The fourth-order valence-electron chi connectivity index (χ4n) is 2.58. The molecular weight excluding hydrogens is 334 g/mol. The Kier molecular flexibility index (Phi) is 6.29. The Hall–Kier alpha value is -2.78. The lowest BCUT2D eigenvalue weighted by Gasteiger charge is -2.26. The molecule has 0 saturated carbocycles. The number of carbonyl (C=O) groups is 1. The number of ether oxygens (including phenoxy) is 1. The van der Waals surface area contributed by atoms with E-state index in [9.17, 15) is 4.79 Å². The van der Waals surface area contributed by atoms with Gasteiger partial charge in [0, 0.05) is 44.5 Å². The van der Waals surface area contributed by atoms with Gasteiger partial charge in [-0.15, -0.1) is 5.10 Å².